The van der Waals surface area contributed by atoms with E-state index in [1.165, 1.54) is 0 Å². The van der Waals surface area contributed by atoms with Crippen LogP contribution in [0.3, 0.4) is 0 Å². The number of amides is 1. The zero-order valence-electron chi connectivity index (χ0n) is 13.9. The van der Waals surface area contributed by atoms with Crippen LogP contribution >= 0.6 is 12.4 Å². The van der Waals surface area contributed by atoms with Crippen molar-refractivity contribution < 1.29 is 14.3 Å². The van der Waals surface area contributed by atoms with E-state index < -0.39 is 0 Å². The molecule has 0 fully saturated rings. The molecule has 0 aromatic heterocycles. The van der Waals surface area contributed by atoms with Crippen LogP contribution in [0.25, 0.3) is 0 Å². The number of hydrogen-bond donors (Lipinski definition) is 2. The van der Waals surface area contributed by atoms with Gasteiger partial charge in [-0.05, 0) is 47.9 Å². The highest BCUT2D eigenvalue weighted by molar-refractivity contribution is 5.85. The molecule has 2 rings (SSSR count). The van der Waals surface area contributed by atoms with Crippen molar-refractivity contribution in [3.63, 3.8) is 0 Å². The van der Waals surface area contributed by atoms with Crippen molar-refractivity contribution in [3.05, 3.63) is 53.6 Å². The zero-order chi connectivity index (χ0) is 16.7. The Kier molecular flexibility index (Phi) is 7.92. The van der Waals surface area contributed by atoms with Crippen LogP contribution in [0.15, 0.2) is 42.5 Å². The van der Waals surface area contributed by atoms with Gasteiger partial charge in [-0.3, -0.25) is 4.79 Å². The monoisotopic (exact) mass is 350 g/mol. The fraction of sp³-hybridized carbons (Fsp3) is 0.278. The summed E-state index contributed by atoms with van der Waals surface area (Å²) in [4.78, 5) is 12.0. The van der Waals surface area contributed by atoms with Gasteiger partial charge in [0.25, 0.3) is 0 Å². The molecule has 0 atom stereocenters. The number of halogens is 1. The Hall–Kier alpha value is -2.40. The van der Waals surface area contributed by atoms with Crippen LogP contribution in [-0.2, 0) is 17.6 Å². The minimum Gasteiger partial charge on any atom is -0.497 e. The lowest BCUT2D eigenvalue weighted by Crippen LogP contribution is -2.27. The van der Waals surface area contributed by atoms with Gasteiger partial charge in [-0.25, -0.2) is 0 Å². The molecule has 2 aromatic rings. The molecule has 2 aromatic carbocycles. The predicted octanol–water partition coefficient (Wildman–Crippen LogP) is 2.61. The SMILES string of the molecule is COc1ccc(OC)c(CCNC(=O)Cc2ccc(N)cc2)c1.Cl. The third-order valence-electron chi connectivity index (χ3n) is 3.55. The lowest BCUT2D eigenvalue weighted by molar-refractivity contribution is -0.120. The average Bonchev–Trinajstić information content (AvgIpc) is 2.57. The molecule has 0 aliphatic carbocycles. The molecule has 130 valence electrons. The van der Waals surface area contributed by atoms with Gasteiger partial charge in [-0.15, -0.1) is 12.4 Å². The molecule has 0 unspecified atom stereocenters. The maximum Gasteiger partial charge on any atom is 0.224 e. The summed E-state index contributed by atoms with van der Waals surface area (Å²) in [5, 5.41) is 2.92. The Morgan fingerprint density at radius 1 is 1.08 bits per heavy atom. The molecular weight excluding hydrogens is 328 g/mol. The molecule has 0 saturated carbocycles. The third kappa shape index (κ3) is 5.66. The Morgan fingerprint density at radius 3 is 2.42 bits per heavy atom. The fourth-order valence-corrected chi connectivity index (χ4v) is 2.30. The van der Waals surface area contributed by atoms with Crippen molar-refractivity contribution in [2.45, 2.75) is 12.8 Å². The molecule has 0 bridgehead atoms. The number of carbonyl (C=O) groups is 1. The predicted molar refractivity (Wildman–Crippen MR) is 98.1 cm³/mol. The van der Waals surface area contributed by atoms with E-state index in [2.05, 4.69) is 5.32 Å². The summed E-state index contributed by atoms with van der Waals surface area (Å²) < 4.78 is 10.5. The molecule has 24 heavy (non-hydrogen) atoms. The first-order valence-electron chi connectivity index (χ1n) is 7.44. The van der Waals surface area contributed by atoms with Gasteiger partial charge in [0.2, 0.25) is 5.91 Å². The molecule has 0 saturated heterocycles. The average molecular weight is 351 g/mol. The zero-order valence-corrected chi connectivity index (χ0v) is 14.7. The van der Waals surface area contributed by atoms with Crippen molar-refractivity contribution in [1.29, 1.82) is 0 Å². The standard InChI is InChI=1S/C18H22N2O3.ClH/c1-22-16-7-8-17(23-2)14(12-16)9-10-20-18(21)11-13-3-5-15(19)6-4-13;/h3-8,12H,9-11,19H2,1-2H3,(H,20,21);1H. The first-order valence-corrected chi connectivity index (χ1v) is 7.44. The summed E-state index contributed by atoms with van der Waals surface area (Å²) in [6, 6.07) is 12.9. The maximum atomic E-state index is 12.0. The van der Waals surface area contributed by atoms with Crippen LogP contribution in [0.4, 0.5) is 5.69 Å². The normalized spacial score (nSPS) is 9.75. The summed E-state index contributed by atoms with van der Waals surface area (Å²) in [5.41, 5.74) is 8.26. The highest BCUT2D eigenvalue weighted by atomic mass is 35.5. The number of rotatable bonds is 7. The van der Waals surface area contributed by atoms with E-state index in [4.69, 9.17) is 15.2 Å². The number of anilines is 1. The summed E-state index contributed by atoms with van der Waals surface area (Å²) in [6.45, 7) is 0.539. The van der Waals surface area contributed by atoms with E-state index in [0.29, 0.717) is 25.1 Å². The number of methoxy groups -OCH3 is 2. The van der Waals surface area contributed by atoms with Gasteiger partial charge in [0.1, 0.15) is 11.5 Å². The van der Waals surface area contributed by atoms with Gasteiger partial charge in [-0.1, -0.05) is 12.1 Å². The Balaban J connectivity index is 0.00000288. The van der Waals surface area contributed by atoms with Crippen LogP contribution in [-0.4, -0.2) is 26.7 Å². The molecule has 0 aliphatic heterocycles. The topological polar surface area (TPSA) is 73.6 Å². The Morgan fingerprint density at radius 2 is 1.79 bits per heavy atom. The van der Waals surface area contributed by atoms with E-state index in [1.54, 1.807) is 26.4 Å². The minimum absolute atomic E-state index is 0. The van der Waals surface area contributed by atoms with Gasteiger partial charge < -0.3 is 20.5 Å². The van der Waals surface area contributed by atoms with Crippen molar-refractivity contribution >= 4 is 24.0 Å². The van der Waals surface area contributed by atoms with Crippen LogP contribution in [0.2, 0.25) is 0 Å². The van der Waals surface area contributed by atoms with Crippen LogP contribution in [0, 0.1) is 0 Å². The molecular formula is C18H23ClN2O3. The number of carbonyl (C=O) groups excluding carboxylic acids is 1. The van der Waals surface area contributed by atoms with Crippen LogP contribution in [0.1, 0.15) is 11.1 Å². The molecule has 0 radical (unpaired) electrons. The number of nitrogens with one attached hydrogen (secondary N) is 1. The summed E-state index contributed by atoms with van der Waals surface area (Å²) in [5.74, 6) is 1.55. The molecule has 5 nitrogen and oxygen atoms in total. The van der Waals surface area contributed by atoms with E-state index in [9.17, 15) is 4.79 Å². The van der Waals surface area contributed by atoms with Crippen molar-refractivity contribution in [3.8, 4) is 11.5 Å². The third-order valence-corrected chi connectivity index (χ3v) is 3.55. The van der Waals surface area contributed by atoms with Gasteiger partial charge in [0.05, 0.1) is 20.6 Å². The smallest absolute Gasteiger partial charge is 0.224 e. The second-order valence-corrected chi connectivity index (χ2v) is 5.20. The molecule has 3 N–H and O–H groups in total. The van der Waals surface area contributed by atoms with E-state index in [-0.39, 0.29) is 18.3 Å². The highest BCUT2D eigenvalue weighted by Gasteiger charge is 2.07. The Labute approximate surface area is 148 Å². The van der Waals surface area contributed by atoms with Crippen molar-refractivity contribution in [1.82, 2.24) is 5.32 Å². The first kappa shape index (κ1) is 19.6. The number of ether oxygens (including phenoxy) is 2. The summed E-state index contributed by atoms with van der Waals surface area (Å²) >= 11 is 0. The molecule has 0 heterocycles. The molecule has 0 aliphatic rings. The van der Waals surface area contributed by atoms with Crippen LogP contribution in [0.5, 0.6) is 11.5 Å². The van der Waals surface area contributed by atoms with Gasteiger partial charge >= 0.3 is 0 Å². The van der Waals surface area contributed by atoms with Gasteiger partial charge in [0.15, 0.2) is 0 Å². The highest BCUT2D eigenvalue weighted by Crippen LogP contribution is 2.24. The minimum atomic E-state index is -0.0170. The lowest BCUT2D eigenvalue weighted by Gasteiger charge is -2.11. The quantitative estimate of drug-likeness (QED) is 0.753. The summed E-state index contributed by atoms with van der Waals surface area (Å²) in [6.07, 6.45) is 1.02. The van der Waals surface area contributed by atoms with Gasteiger partial charge in [-0.2, -0.15) is 0 Å². The van der Waals surface area contributed by atoms with E-state index >= 15 is 0 Å². The van der Waals surface area contributed by atoms with E-state index in [0.717, 1.165) is 22.6 Å². The first-order chi connectivity index (χ1) is 11.1. The second-order valence-electron chi connectivity index (χ2n) is 5.20. The van der Waals surface area contributed by atoms with Crippen molar-refractivity contribution in [2.75, 3.05) is 26.5 Å². The van der Waals surface area contributed by atoms with Crippen molar-refractivity contribution in [2.24, 2.45) is 0 Å². The number of nitrogens with two attached hydrogens (primary N) is 1. The number of nitrogen functional groups attached to an aromatic ring is 1. The lowest BCUT2D eigenvalue weighted by atomic mass is 10.1. The molecule has 0 spiro atoms. The fourth-order valence-electron chi connectivity index (χ4n) is 2.30. The van der Waals surface area contributed by atoms with E-state index in [1.807, 2.05) is 30.3 Å². The Bertz CT molecular complexity index is 660. The molecule has 1 amide bonds. The second kappa shape index (κ2) is 9.67. The largest absolute Gasteiger partial charge is 0.497 e. The summed E-state index contributed by atoms with van der Waals surface area (Å²) in [7, 11) is 3.25. The van der Waals surface area contributed by atoms with Crippen LogP contribution < -0.4 is 20.5 Å². The van der Waals surface area contributed by atoms with Gasteiger partial charge in [0, 0.05) is 12.2 Å². The molecule has 6 heteroatoms. The number of benzene rings is 2. The number of hydrogen-bond acceptors (Lipinski definition) is 4. The maximum absolute atomic E-state index is 12.0.